The van der Waals surface area contributed by atoms with E-state index in [4.69, 9.17) is 10.5 Å². The molecule has 1 aromatic rings. The van der Waals surface area contributed by atoms with Crippen molar-refractivity contribution >= 4 is 5.95 Å². The van der Waals surface area contributed by atoms with Crippen molar-refractivity contribution in [1.82, 2.24) is 19.9 Å². The van der Waals surface area contributed by atoms with Crippen molar-refractivity contribution in [3.05, 3.63) is 16.8 Å². The summed E-state index contributed by atoms with van der Waals surface area (Å²) in [4.78, 5) is 18.8. The Hall–Kier alpha value is -1.47. The van der Waals surface area contributed by atoms with Crippen LogP contribution in [0.3, 0.4) is 0 Å². The third-order valence-corrected chi connectivity index (χ3v) is 2.63. The first-order valence-corrected chi connectivity index (χ1v) is 5.21. The fourth-order valence-corrected chi connectivity index (χ4v) is 1.69. The maximum atomic E-state index is 11.5. The van der Waals surface area contributed by atoms with Crippen LogP contribution in [0.15, 0.2) is 11.1 Å². The smallest absolute Gasteiger partial charge is 0.352 e. The Kier molecular flexibility index (Phi) is 3.16. The molecule has 1 aromatic heterocycles. The average molecular weight is 225 g/mol. The van der Waals surface area contributed by atoms with Gasteiger partial charge in [-0.05, 0) is 6.92 Å². The second kappa shape index (κ2) is 4.58. The van der Waals surface area contributed by atoms with Gasteiger partial charge in [0.2, 0.25) is 5.95 Å². The molecule has 2 rings (SSSR count). The number of hydrogen-bond donors (Lipinski definition) is 2. The zero-order valence-electron chi connectivity index (χ0n) is 9.09. The lowest BCUT2D eigenvalue weighted by molar-refractivity contribution is 0.00311. The van der Waals surface area contributed by atoms with Crippen LogP contribution in [0.1, 0.15) is 6.92 Å². The molecule has 1 fully saturated rings. The van der Waals surface area contributed by atoms with Gasteiger partial charge in [0.1, 0.15) is 6.33 Å². The molecule has 0 amide bonds. The Bertz CT molecular complexity index is 419. The van der Waals surface area contributed by atoms with Crippen molar-refractivity contribution in [2.24, 2.45) is 0 Å². The quantitative estimate of drug-likeness (QED) is 0.642. The van der Waals surface area contributed by atoms with Crippen LogP contribution in [0, 0.1) is 0 Å². The number of nitrogens with zero attached hydrogens (tertiary/aromatic N) is 3. The summed E-state index contributed by atoms with van der Waals surface area (Å²) >= 11 is 0. The van der Waals surface area contributed by atoms with Crippen LogP contribution < -0.4 is 16.7 Å². The summed E-state index contributed by atoms with van der Waals surface area (Å²) in [6.07, 6.45) is 1.48. The number of rotatable bonds is 2. The summed E-state index contributed by atoms with van der Waals surface area (Å²) in [5.41, 5.74) is 4.93. The van der Waals surface area contributed by atoms with Gasteiger partial charge in [0, 0.05) is 13.1 Å². The van der Waals surface area contributed by atoms with Gasteiger partial charge < -0.3 is 15.8 Å². The molecule has 1 aliphatic heterocycles. The first kappa shape index (κ1) is 11.0. The molecule has 0 bridgehead atoms. The molecule has 0 saturated carbocycles. The van der Waals surface area contributed by atoms with Crippen LogP contribution in [0.4, 0.5) is 5.95 Å². The number of nitrogens with one attached hydrogen (secondary N) is 1. The molecule has 2 atom stereocenters. The van der Waals surface area contributed by atoms with Crippen molar-refractivity contribution in [3.63, 3.8) is 0 Å². The number of hydrogen-bond acceptors (Lipinski definition) is 6. The van der Waals surface area contributed by atoms with Crippen LogP contribution in [-0.4, -0.2) is 39.8 Å². The van der Waals surface area contributed by atoms with Gasteiger partial charge in [-0.3, -0.25) is 4.57 Å². The minimum absolute atomic E-state index is 0.00199. The average Bonchev–Trinajstić information content (AvgIpc) is 2.25. The fraction of sp³-hybridized carbons (Fsp3) is 0.667. The number of anilines is 1. The molecule has 7 heteroatoms. The SMILES string of the molecule is CC1OCCNC1Cn1cnc(N)nc1=O. The standard InChI is InChI=1S/C9H15N5O2/c1-6-7(11-2-3-16-6)4-14-5-12-8(10)13-9(14)15/h5-7,11H,2-4H2,1H3,(H2,10,13,15). The van der Waals surface area contributed by atoms with E-state index < -0.39 is 0 Å². The maximum absolute atomic E-state index is 11.5. The van der Waals surface area contributed by atoms with Crippen LogP contribution in [-0.2, 0) is 11.3 Å². The summed E-state index contributed by atoms with van der Waals surface area (Å²) in [6.45, 7) is 3.95. The zero-order chi connectivity index (χ0) is 11.5. The second-order valence-electron chi connectivity index (χ2n) is 3.79. The van der Waals surface area contributed by atoms with E-state index in [1.54, 1.807) is 0 Å². The first-order valence-electron chi connectivity index (χ1n) is 5.21. The van der Waals surface area contributed by atoms with Gasteiger partial charge in [0.15, 0.2) is 0 Å². The lowest BCUT2D eigenvalue weighted by Gasteiger charge is -2.30. The molecule has 3 N–H and O–H groups in total. The highest BCUT2D eigenvalue weighted by atomic mass is 16.5. The van der Waals surface area contributed by atoms with Gasteiger partial charge in [-0.25, -0.2) is 9.78 Å². The van der Waals surface area contributed by atoms with Crippen molar-refractivity contribution in [3.8, 4) is 0 Å². The molecule has 0 radical (unpaired) electrons. The van der Waals surface area contributed by atoms with Crippen LogP contribution in [0.25, 0.3) is 0 Å². The monoisotopic (exact) mass is 225 g/mol. The minimum atomic E-state index is -0.382. The van der Waals surface area contributed by atoms with Crippen LogP contribution in [0.5, 0.6) is 0 Å². The largest absolute Gasteiger partial charge is 0.375 e. The Morgan fingerprint density at radius 1 is 1.75 bits per heavy atom. The zero-order valence-corrected chi connectivity index (χ0v) is 9.09. The van der Waals surface area contributed by atoms with E-state index in [1.165, 1.54) is 10.9 Å². The molecule has 1 saturated heterocycles. The first-order chi connectivity index (χ1) is 7.66. The van der Waals surface area contributed by atoms with Gasteiger partial charge in [-0.2, -0.15) is 4.98 Å². The van der Waals surface area contributed by atoms with Gasteiger partial charge in [0.05, 0.1) is 18.8 Å². The number of ether oxygens (including phenoxy) is 1. The number of nitrogens with two attached hydrogens (primary N) is 1. The molecule has 2 unspecified atom stereocenters. The highest BCUT2D eigenvalue weighted by Crippen LogP contribution is 2.05. The predicted octanol–water partition coefficient (Wildman–Crippen LogP) is -1.40. The van der Waals surface area contributed by atoms with Gasteiger partial charge in [-0.1, -0.05) is 0 Å². The Morgan fingerprint density at radius 2 is 2.56 bits per heavy atom. The van der Waals surface area contributed by atoms with E-state index in [2.05, 4.69) is 15.3 Å². The molecule has 0 aliphatic carbocycles. The summed E-state index contributed by atoms with van der Waals surface area (Å²) < 4.78 is 6.91. The van der Waals surface area contributed by atoms with E-state index in [9.17, 15) is 4.79 Å². The molecule has 0 aromatic carbocycles. The lowest BCUT2D eigenvalue weighted by atomic mass is 10.1. The van der Waals surface area contributed by atoms with E-state index in [0.29, 0.717) is 13.2 Å². The summed E-state index contributed by atoms with van der Waals surface area (Å²) in [5, 5.41) is 3.29. The minimum Gasteiger partial charge on any atom is -0.375 e. The van der Waals surface area contributed by atoms with E-state index >= 15 is 0 Å². The van der Waals surface area contributed by atoms with Crippen molar-refractivity contribution in [2.45, 2.75) is 25.6 Å². The van der Waals surface area contributed by atoms with E-state index in [-0.39, 0.29) is 23.8 Å². The van der Waals surface area contributed by atoms with Crippen molar-refractivity contribution in [2.75, 3.05) is 18.9 Å². The van der Waals surface area contributed by atoms with Gasteiger partial charge in [0.25, 0.3) is 0 Å². The van der Waals surface area contributed by atoms with Crippen LogP contribution >= 0.6 is 0 Å². The number of morpholine rings is 1. The summed E-state index contributed by atoms with van der Waals surface area (Å²) in [5.74, 6) is 0.00199. The Labute approximate surface area is 92.6 Å². The predicted molar refractivity (Wildman–Crippen MR) is 57.9 cm³/mol. The molecule has 16 heavy (non-hydrogen) atoms. The normalized spacial score (nSPS) is 25.6. The third-order valence-electron chi connectivity index (χ3n) is 2.63. The Morgan fingerprint density at radius 3 is 3.25 bits per heavy atom. The highest BCUT2D eigenvalue weighted by molar-refractivity contribution is 5.09. The van der Waals surface area contributed by atoms with E-state index in [0.717, 1.165) is 6.54 Å². The highest BCUT2D eigenvalue weighted by Gasteiger charge is 2.22. The summed E-state index contributed by atoms with van der Waals surface area (Å²) in [7, 11) is 0. The topological polar surface area (TPSA) is 95.1 Å². The molecule has 88 valence electrons. The van der Waals surface area contributed by atoms with Gasteiger partial charge in [-0.15, -0.1) is 0 Å². The van der Waals surface area contributed by atoms with Crippen molar-refractivity contribution < 1.29 is 4.74 Å². The second-order valence-corrected chi connectivity index (χ2v) is 3.79. The number of nitrogen functional groups attached to an aromatic ring is 1. The van der Waals surface area contributed by atoms with Crippen LogP contribution in [0.2, 0.25) is 0 Å². The Balaban J connectivity index is 2.11. The molecular weight excluding hydrogens is 210 g/mol. The number of aromatic nitrogens is 3. The lowest BCUT2D eigenvalue weighted by Crippen LogP contribution is -2.50. The molecule has 7 nitrogen and oxygen atoms in total. The molecule has 0 spiro atoms. The molecular formula is C9H15N5O2. The van der Waals surface area contributed by atoms with E-state index in [1.807, 2.05) is 6.92 Å². The maximum Gasteiger partial charge on any atom is 0.352 e. The third kappa shape index (κ3) is 2.37. The van der Waals surface area contributed by atoms with Gasteiger partial charge >= 0.3 is 5.69 Å². The summed E-state index contributed by atoms with van der Waals surface area (Å²) in [6, 6.07) is 0.0960. The fourth-order valence-electron chi connectivity index (χ4n) is 1.69. The van der Waals surface area contributed by atoms with Crippen molar-refractivity contribution in [1.29, 1.82) is 0 Å². The molecule has 2 heterocycles. The molecule has 1 aliphatic rings.